The molecular weight excluding hydrogens is 220 g/mol. The number of carbonyl (C=O) groups excluding carboxylic acids is 2. The van der Waals surface area contributed by atoms with Gasteiger partial charge < -0.3 is 5.11 Å². The molecule has 0 bridgehead atoms. The molecule has 0 atom stereocenters. The van der Waals surface area contributed by atoms with Crippen molar-refractivity contribution in [1.82, 2.24) is 0 Å². The van der Waals surface area contributed by atoms with E-state index in [1.54, 1.807) is 6.08 Å². The zero-order chi connectivity index (χ0) is 12.8. The van der Waals surface area contributed by atoms with E-state index in [1.165, 1.54) is 6.08 Å². The van der Waals surface area contributed by atoms with Crippen LogP contribution in [0.3, 0.4) is 0 Å². The molecule has 0 radical (unpaired) electrons. The number of rotatable bonds is 5. The van der Waals surface area contributed by atoms with E-state index < -0.39 is 24.0 Å². The molecule has 1 N–H and O–H groups in total. The highest BCUT2D eigenvalue weighted by Gasteiger charge is 2.14. The molecule has 88 valence electrons. The number of carboxylic acids is 1. The van der Waals surface area contributed by atoms with Gasteiger partial charge in [-0.3, -0.25) is 9.59 Å². The van der Waals surface area contributed by atoms with Crippen molar-refractivity contribution in [2.45, 2.75) is 13.3 Å². The lowest BCUT2D eigenvalue weighted by Crippen LogP contribution is -2.15. The minimum atomic E-state index is -1.58. The lowest BCUT2D eigenvalue weighted by Gasteiger charge is -1.94. The molecule has 1 rings (SSSR count). The van der Waals surface area contributed by atoms with Crippen LogP contribution in [0.15, 0.2) is 30.3 Å². The summed E-state index contributed by atoms with van der Waals surface area (Å²) in [6, 6.07) is 7.45. The summed E-state index contributed by atoms with van der Waals surface area (Å²) >= 11 is 0. The van der Waals surface area contributed by atoms with Gasteiger partial charge in [-0.15, -0.1) is 0 Å². The Morgan fingerprint density at radius 3 is 2.29 bits per heavy atom. The lowest BCUT2D eigenvalue weighted by atomic mass is 10.1. The zero-order valence-corrected chi connectivity index (χ0v) is 9.34. The van der Waals surface area contributed by atoms with Crippen LogP contribution < -0.4 is 0 Å². The monoisotopic (exact) mass is 232 g/mol. The van der Waals surface area contributed by atoms with Crippen LogP contribution in [0.25, 0.3) is 6.08 Å². The van der Waals surface area contributed by atoms with Crippen LogP contribution in [-0.4, -0.2) is 22.6 Å². The number of aryl methyl sites for hydroxylation is 1. The van der Waals surface area contributed by atoms with E-state index >= 15 is 0 Å². The second kappa shape index (κ2) is 5.75. The fourth-order valence-corrected chi connectivity index (χ4v) is 1.16. The standard InChI is InChI=1S/C13H12O4/c1-9-2-4-10(5-3-9)6-7-11(14)8-12(15)13(16)17/h2-7H,8H2,1H3,(H,16,17)/b7-6+. The highest BCUT2D eigenvalue weighted by atomic mass is 16.4. The van der Waals surface area contributed by atoms with Gasteiger partial charge in [0.15, 0.2) is 5.78 Å². The summed E-state index contributed by atoms with van der Waals surface area (Å²) < 4.78 is 0. The third-order valence-electron chi connectivity index (χ3n) is 2.11. The van der Waals surface area contributed by atoms with E-state index in [0.29, 0.717) is 0 Å². The number of hydrogen-bond acceptors (Lipinski definition) is 3. The predicted octanol–water partition coefficient (Wildman–Crippen LogP) is 1.62. The number of hydrogen-bond donors (Lipinski definition) is 1. The molecule has 0 saturated heterocycles. The number of ketones is 2. The summed E-state index contributed by atoms with van der Waals surface area (Å²) in [5, 5.41) is 8.32. The van der Waals surface area contributed by atoms with Gasteiger partial charge in [-0.25, -0.2) is 4.79 Å². The molecule has 0 heterocycles. The van der Waals surface area contributed by atoms with Crippen molar-refractivity contribution in [2.75, 3.05) is 0 Å². The molecule has 1 aromatic rings. The van der Waals surface area contributed by atoms with Crippen LogP contribution in [0, 0.1) is 6.92 Å². The van der Waals surface area contributed by atoms with Crippen LogP contribution in [0.1, 0.15) is 17.5 Å². The molecule has 0 saturated carbocycles. The molecule has 17 heavy (non-hydrogen) atoms. The Bertz CT molecular complexity index is 469. The third kappa shape index (κ3) is 4.42. The maximum atomic E-state index is 11.2. The van der Waals surface area contributed by atoms with Crippen molar-refractivity contribution in [3.05, 3.63) is 41.5 Å². The van der Waals surface area contributed by atoms with Gasteiger partial charge >= 0.3 is 5.97 Å². The molecule has 4 nitrogen and oxygen atoms in total. The number of carbonyl (C=O) groups is 3. The van der Waals surface area contributed by atoms with E-state index in [9.17, 15) is 14.4 Å². The molecule has 0 aliphatic carbocycles. The first kappa shape index (κ1) is 12.8. The van der Waals surface area contributed by atoms with E-state index in [4.69, 9.17) is 5.11 Å². The molecule has 4 heteroatoms. The maximum absolute atomic E-state index is 11.2. The molecular formula is C13H12O4. The highest BCUT2D eigenvalue weighted by Crippen LogP contribution is 2.05. The van der Waals surface area contributed by atoms with Crippen LogP contribution in [0.2, 0.25) is 0 Å². The molecule has 0 spiro atoms. The lowest BCUT2D eigenvalue weighted by molar-refractivity contribution is -0.149. The average molecular weight is 232 g/mol. The number of Topliss-reactive ketones (excluding diaryl/α,β-unsaturated/α-hetero) is 1. The Labute approximate surface area is 98.6 Å². The highest BCUT2D eigenvalue weighted by molar-refractivity contribution is 6.37. The van der Waals surface area contributed by atoms with Crippen molar-refractivity contribution >= 4 is 23.6 Å². The van der Waals surface area contributed by atoms with Crippen LogP contribution in [0.4, 0.5) is 0 Å². The summed E-state index contributed by atoms with van der Waals surface area (Å²) in [7, 11) is 0. The van der Waals surface area contributed by atoms with Gasteiger partial charge in [0.1, 0.15) is 0 Å². The zero-order valence-electron chi connectivity index (χ0n) is 9.34. The van der Waals surface area contributed by atoms with Crippen molar-refractivity contribution in [3.63, 3.8) is 0 Å². The molecule has 0 aliphatic heterocycles. The number of aliphatic carboxylic acids is 1. The average Bonchev–Trinajstić information content (AvgIpc) is 2.28. The molecule has 0 aliphatic rings. The second-order valence-electron chi connectivity index (χ2n) is 3.62. The van der Waals surface area contributed by atoms with Gasteiger partial charge in [0, 0.05) is 0 Å². The fraction of sp³-hybridized carbons (Fsp3) is 0.154. The summed E-state index contributed by atoms with van der Waals surface area (Å²) in [6.45, 7) is 1.95. The van der Waals surface area contributed by atoms with Crippen LogP contribution >= 0.6 is 0 Å². The Morgan fingerprint density at radius 2 is 1.76 bits per heavy atom. The molecule has 0 aromatic heterocycles. The second-order valence-corrected chi connectivity index (χ2v) is 3.62. The van der Waals surface area contributed by atoms with Gasteiger partial charge in [0.05, 0.1) is 6.42 Å². The fourth-order valence-electron chi connectivity index (χ4n) is 1.16. The minimum Gasteiger partial charge on any atom is -0.475 e. The van der Waals surface area contributed by atoms with Gasteiger partial charge in [0.25, 0.3) is 0 Å². The first-order chi connectivity index (χ1) is 7.99. The summed E-state index contributed by atoms with van der Waals surface area (Å²) in [5.74, 6) is -3.19. The predicted molar refractivity (Wildman–Crippen MR) is 62.5 cm³/mol. The van der Waals surface area contributed by atoms with E-state index in [0.717, 1.165) is 11.1 Å². The molecule has 0 amide bonds. The van der Waals surface area contributed by atoms with Crippen molar-refractivity contribution in [1.29, 1.82) is 0 Å². The quantitative estimate of drug-likeness (QED) is 0.475. The summed E-state index contributed by atoms with van der Waals surface area (Å²) in [6.07, 6.45) is 2.17. The van der Waals surface area contributed by atoms with E-state index in [1.807, 2.05) is 31.2 Å². The van der Waals surface area contributed by atoms with Crippen molar-refractivity contribution in [3.8, 4) is 0 Å². The Morgan fingerprint density at radius 1 is 1.18 bits per heavy atom. The Balaban J connectivity index is 2.59. The third-order valence-corrected chi connectivity index (χ3v) is 2.11. The number of benzene rings is 1. The smallest absolute Gasteiger partial charge is 0.372 e. The van der Waals surface area contributed by atoms with Crippen molar-refractivity contribution in [2.24, 2.45) is 0 Å². The first-order valence-corrected chi connectivity index (χ1v) is 5.03. The maximum Gasteiger partial charge on any atom is 0.372 e. The summed E-state index contributed by atoms with van der Waals surface area (Å²) in [5.41, 5.74) is 1.93. The molecule has 0 unspecified atom stereocenters. The Kier molecular flexibility index (Phi) is 4.34. The molecule has 1 aromatic carbocycles. The van der Waals surface area contributed by atoms with Gasteiger partial charge in [-0.2, -0.15) is 0 Å². The minimum absolute atomic E-state index is 0.516. The first-order valence-electron chi connectivity index (χ1n) is 5.03. The van der Waals surface area contributed by atoms with Crippen molar-refractivity contribution < 1.29 is 19.5 Å². The SMILES string of the molecule is Cc1ccc(/C=C/C(=O)CC(=O)C(=O)O)cc1. The summed E-state index contributed by atoms with van der Waals surface area (Å²) in [4.78, 5) is 32.2. The van der Waals surface area contributed by atoms with Gasteiger partial charge in [0.2, 0.25) is 5.78 Å². The number of allylic oxidation sites excluding steroid dienone is 1. The van der Waals surface area contributed by atoms with E-state index in [2.05, 4.69) is 0 Å². The Hall–Kier alpha value is -2.23. The normalized spacial score (nSPS) is 10.4. The van der Waals surface area contributed by atoms with Crippen LogP contribution in [0.5, 0.6) is 0 Å². The largest absolute Gasteiger partial charge is 0.475 e. The topological polar surface area (TPSA) is 71.4 Å². The van der Waals surface area contributed by atoms with E-state index in [-0.39, 0.29) is 0 Å². The van der Waals surface area contributed by atoms with Gasteiger partial charge in [-0.05, 0) is 18.6 Å². The molecule has 0 fully saturated rings. The van der Waals surface area contributed by atoms with Gasteiger partial charge in [-0.1, -0.05) is 35.9 Å². The van der Waals surface area contributed by atoms with Crippen LogP contribution in [-0.2, 0) is 14.4 Å². The number of carboxylic acid groups (broad SMARTS) is 1.